The molecule has 0 atom stereocenters. The van der Waals surface area contributed by atoms with Crippen LogP contribution in [0.4, 0.5) is 10.1 Å². The highest BCUT2D eigenvalue weighted by Crippen LogP contribution is 2.19. The number of benzene rings is 1. The molecule has 2 rings (SSSR count). The molecule has 88 valence electrons. The highest BCUT2D eigenvalue weighted by atomic mass is 79.9. The van der Waals surface area contributed by atoms with Gasteiger partial charge in [0.2, 0.25) is 0 Å². The van der Waals surface area contributed by atoms with E-state index in [9.17, 15) is 4.39 Å². The Labute approximate surface area is 108 Å². The molecular formula is C13H12BrFN2. The average molecular weight is 295 g/mol. The Bertz CT molecular complexity index is 516. The number of pyridine rings is 1. The van der Waals surface area contributed by atoms with Gasteiger partial charge in [-0.3, -0.25) is 4.98 Å². The Kier molecular flexibility index (Phi) is 3.74. The van der Waals surface area contributed by atoms with E-state index in [0.717, 1.165) is 15.7 Å². The molecule has 0 bridgehead atoms. The fourth-order valence-corrected chi connectivity index (χ4v) is 1.96. The van der Waals surface area contributed by atoms with E-state index >= 15 is 0 Å². The molecule has 2 aromatic rings. The van der Waals surface area contributed by atoms with Crippen LogP contribution in [0.3, 0.4) is 0 Å². The second-order valence-corrected chi connectivity index (χ2v) is 4.76. The fourth-order valence-electron chi connectivity index (χ4n) is 1.61. The Hall–Kier alpha value is -1.42. The van der Waals surface area contributed by atoms with Crippen molar-refractivity contribution in [3.05, 3.63) is 58.6 Å². The van der Waals surface area contributed by atoms with E-state index < -0.39 is 0 Å². The van der Waals surface area contributed by atoms with E-state index in [1.807, 2.05) is 24.1 Å². The van der Waals surface area contributed by atoms with Crippen molar-refractivity contribution in [2.75, 3.05) is 11.9 Å². The number of nitrogens with zero attached hydrogens (tertiary/aromatic N) is 2. The summed E-state index contributed by atoms with van der Waals surface area (Å²) in [5, 5.41) is 0. The minimum atomic E-state index is -0.205. The lowest BCUT2D eigenvalue weighted by Gasteiger charge is -2.19. The molecule has 0 spiro atoms. The molecule has 0 aliphatic carbocycles. The molecule has 2 nitrogen and oxygen atoms in total. The number of hydrogen-bond acceptors (Lipinski definition) is 2. The van der Waals surface area contributed by atoms with Crippen LogP contribution in [0.15, 0.2) is 47.2 Å². The molecule has 4 heteroatoms. The summed E-state index contributed by atoms with van der Waals surface area (Å²) in [7, 11) is 1.95. The first-order valence-corrected chi connectivity index (χ1v) is 6.00. The summed E-state index contributed by atoms with van der Waals surface area (Å²) < 4.78 is 14.0. The van der Waals surface area contributed by atoms with E-state index in [4.69, 9.17) is 0 Å². The van der Waals surface area contributed by atoms with Crippen LogP contribution in [0, 0.1) is 5.82 Å². The van der Waals surface area contributed by atoms with Crippen LogP contribution in [-0.2, 0) is 6.54 Å². The molecule has 0 aliphatic rings. The van der Waals surface area contributed by atoms with Gasteiger partial charge in [-0.05, 0) is 39.7 Å². The largest absolute Gasteiger partial charge is 0.369 e. The Balaban J connectivity index is 2.14. The van der Waals surface area contributed by atoms with Gasteiger partial charge < -0.3 is 4.90 Å². The topological polar surface area (TPSA) is 16.1 Å². The summed E-state index contributed by atoms with van der Waals surface area (Å²) in [5.74, 6) is -0.205. The second-order valence-electron chi connectivity index (χ2n) is 3.85. The van der Waals surface area contributed by atoms with E-state index in [1.165, 1.54) is 6.07 Å². The molecule has 0 radical (unpaired) electrons. The number of aromatic nitrogens is 1. The number of hydrogen-bond donors (Lipinski definition) is 0. The Morgan fingerprint density at radius 1 is 1.29 bits per heavy atom. The first-order valence-electron chi connectivity index (χ1n) is 5.21. The van der Waals surface area contributed by atoms with Gasteiger partial charge in [0.15, 0.2) is 0 Å². The monoisotopic (exact) mass is 294 g/mol. The van der Waals surface area contributed by atoms with Crippen molar-refractivity contribution < 1.29 is 4.39 Å². The molecule has 0 unspecified atom stereocenters. The first-order chi connectivity index (χ1) is 8.15. The lowest BCUT2D eigenvalue weighted by atomic mass is 10.2. The van der Waals surface area contributed by atoms with Crippen LogP contribution in [0.5, 0.6) is 0 Å². The van der Waals surface area contributed by atoms with Crippen LogP contribution < -0.4 is 4.90 Å². The number of rotatable bonds is 3. The summed E-state index contributed by atoms with van der Waals surface area (Å²) in [4.78, 5) is 6.12. The van der Waals surface area contributed by atoms with Gasteiger partial charge in [0.1, 0.15) is 5.82 Å². The first kappa shape index (κ1) is 12.0. The number of halogens is 2. The molecular weight excluding hydrogens is 283 g/mol. The molecule has 0 N–H and O–H groups in total. The normalized spacial score (nSPS) is 10.3. The summed E-state index contributed by atoms with van der Waals surface area (Å²) >= 11 is 3.38. The van der Waals surface area contributed by atoms with Crippen LogP contribution in [0.2, 0.25) is 0 Å². The fraction of sp³-hybridized carbons (Fsp3) is 0.154. The zero-order valence-corrected chi connectivity index (χ0v) is 11.0. The molecule has 0 fully saturated rings. The third-order valence-electron chi connectivity index (χ3n) is 2.44. The molecule has 0 saturated carbocycles. The van der Waals surface area contributed by atoms with Gasteiger partial charge in [0, 0.05) is 24.3 Å². The van der Waals surface area contributed by atoms with Crippen molar-refractivity contribution in [2.24, 2.45) is 0 Å². The van der Waals surface area contributed by atoms with Gasteiger partial charge in [0.05, 0.1) is 11.9 Å². The minimum Gasteiger partial charge on any atom is -0.369 e. The van der Waals surface area contributed by atoms with Crippen molar-refractivity contribution in [3.8, 4) is 0 Å². The van der Waals surface area contributed by atoms with Gasteiger partial charge in [-0.25, -0.2) is 4.39 Å². The molecule has 0 amide bonds. The molecule has 0 aliphatic heterocycles. The molecule has 1 aromatic carbocycles. The standard InChI is InChI=1S/C13H12BrFN2/c1-17(13-6-11(14)7-16-8-13)9-10-3-2-4-12(15)5-10/h2-8H,9H2,1H3. The smallest absolute Gasteiger partial charge is 0.123 e. The quantitative estimate of drug-likeness (QED) is 0.859. The zero-order valence-electron chi connectivity index (χ0n) is 9.40. The highest BCUT2D eigenvalue weighted by Gasteiger charge is 2.03. The molecule has 1 aromatic heterocycles. The third-order valence-corrected chi connectivity index (χ3v) is 2.87. The minimum absolute atomic E-state index is 0.205. The summed E-state index contributed by atoms with van der Waals surface area (Å²) in [6, 6.07) is 8.60. The van der Waals surface area contributed by atoms with E-state index in [0.29, 0.717) is 6.54 Å². The lowest BCUT2D eigenvalue weighted by Crippen LogP contribution is -2.16. The maximum atomic E-state index is 13.0. The highest BCUT2D eigenvalue weighted by molar-refractivity contribution is 9.10. The maximum absolute atomic E-state index is 13.0. The van der Waals surface area contributed by atoms with Crippen LogP contribution >= 0.6 is 15.9 Å². The Morgan fingerprint density at radius 2 is 2.12 bits per heavy atom. The zero-order chi connectivity index (χ0) is 12.3. The van der Waals surface area contributed by atoms with E-state index in [2.05, 4.69) is 20.9 Å². The Morgan fingerprint density at radius 3 is 2.82 bits per heavy atom. The number of anilines is 1. The molecule has 1 heterocycles. The van der Waals surface area contributed by atoms with Crippen LogP contribution in [0.1, 0.15) is 5.56 Å². The lowest BCUT2D eigenvalue weighted by molar-refractivity contribution is 0.625. The SMILES string of the molecule is CN(Cc1cccc(F)c1)c1cncc(Br)c1. The van der Waals surface area contributed by atoms with Gasteiger partial charge in [-0.15, -0.1) is 0 Å². The van der Waals surface area contributed by atoms with Crippen molar-refractivity contribution in [1.29, 1.82) is 0 Å². The summed E-state index contributed by atoms with van der Waals surface area (Å²) in [6.45, 7) is 0.649. The van der Waals surface area contributed by atoms with Crippen LogP contribution in [0.25, 0.3) is 0 Å². The predicted octanol–water partition coefficient (Wildman–Crippen LogP) is 3.62. The van der Waals surface area contributed by atoms with E-state index in [1.54, 1.807) is 24.5 Å². The summed E-state index contributed by atoms with van der Waals surface area (Å²) in [6.07, 6.45) is 3.52. The summed E-state index contributed by atoms with van der Waals surface area (Å²) in [5.41, 5.74) is 1.93. The van der Waals surface area contributed by atoms with Gasteiger partial charge in [-0.1, -0.05) is 12.1 Å². The van der Waals surface area contributed by atoms with Gasteiger partial charge in [0.25, 0.3) is 0 Å². The van der Waals surface area contributed by atoms with Crippen molar-refractivity contribution in [1.82, 2.24) is 4.98 Å². The van der Waals surface area contributed by atoms with Gasteiger partial charge in [-0.2, -0.15) is 0 Å². The molecule has 0 saturated heterocycles. The second kappa shape index (κ2) is 5.27. The van der Waals surface area contributed by atoms with Crippen LogP contribution in [-0.4, -0.2) is 12.0 Å². The molecule has 17 heavy (non-hydrogen) atoms. The maximum Gasteiger partial charge on any atom is 0.123 e. The van der Waals surface area contributed by atoms with E-state index in [-0.39, 0.29) is 5.82 Å². The van der Waals surface area contributed by atoms with Crippen molar-refractivity contribution in [2.45, 2.75) is 6.54 Å². The van der Waals surface area contributed by atoms with Gasteiger partial charge >= 0.3 is 0 Å². The third kappa shape index (κ3) is 3.27. The predicted molar refractivity (Wildman–Crippen MR) is 70.4 cm³/mol. The average Bonchev–Trinajstić information content (AvgIpc) is 2.29. The van der Waals surface area contributed by atoms with Crippen molar-refractivity contribution >= 4 is 21.6 Å². The van der Waals surface area contributed by atoms with Crippen molar-refractivity contribution in [3.63, 3.8) is 0 Å².